The van der Waals surface area contributed by atoms with E-state index in [4.69, 9.17) is 9.53 Å². The molecule has 1 fully saturated rings. The molecule has 0 saturated carbocycles. The fraction of sp³-hybridized carbons (Fsp3) is 1.00. The number of piperidine rings is 1. The smallest absolute Gasteiger partial charge is 0.192 e. The van der Waals surface area contributed by atoms with Crippen LogP contribution in [0.1, 0.15) is 33.6 Å². The van der Waals surface area contributed by atoms with Gasteiger partial charge in [-0.2, -0.15) is 0 Å². The Morgan fingerprint density at radius 2 is 2.00 bits per heavy atom. The van der Waals surface area contributed by atoms with E-state index in [1.807, 2.05) is 0 Å². The topological polar surface area (TPSA) is 41.5 Å². The van der Waals surface area contributed by atoms with Gasteiger partial charge in [0.25, 0.3) is 0 Å². The van der Waals surface area contributed by atoms with Gasteiger partial charge in [0.15, 0.2) is 8.32 Å². The van der Waals surface area contributed by atoms with Gasteiger partial charge in [-0.05, 0) is 37.5 Å². The molecule has 0 aromatic heterocycles. The molecule has 0 bridgehead atoms. The Morgan fingerprint density at radius 1 is 1.38 bits per heavy atom. The van der Waals surface area contributed by atoms with Gasteiger partial charge in [-0.25, -0.2) is 0 Å². The quantitative estimate of drug-likeness (QED) is 0.748. The lowest BCUT2D eigenvalue weighted by Crippen LogP contribution is -2.49. The van der Waals surface area contributed by atoms with Crippen LogP contribution in [0.3, 0.4) is 0 Å². The number of rotatable bonds is 3. The van der Waals surface area contributed by atoms with E-state index in [1.165, 1.54) is 0 Å². The van der Waals surface area contributed by atoms with Crippen LogP contribution in [-0.4, -0.2) is 38.7 Å². The van der Waals surface area contributed by atoms with Gasteiger partial charge >= 0.3 is 0 Å². The minimum atomic E-state index is -1.64. The number of nitrogens with one attached hydrogen (secondary N) is 1. The van der Waals surface area contributed by atoms with Gasteiger partial charge < -0.3 is 14.8 Å². The molecule has 0 amide bonds. The summed E-state index contributed by atoms with van der Waals surface area (Å²) in [6, 6.07) is 0.225. The number of hydrogen-bond donors (Lipinski definition) is 2. The highest BCUT2D eigenvalue weighted by molar-refractivity contribution is 6.74. The van der Waals surface area contributed by atoms with Crippen molar-refractivity contribution in [3.63, 3.8) is 0 Å². The third kappa shape index (κ3) is 3.55. The second-order valence-electron chi connectivity index (χ2n) is 6.36. The Balaban J connectivity index is 2.53. The van der Waals surface area contributed by atoms with E-state index < -0.39 is 8.32 Å². The molecule has 96 valence electrons. The lowest BCUT2D eigenvalue weighted by molar-refractivity contribution is 0.103. The minimum Gasteiger partial charge on any atom is -0.414 e. The first-order chi connectivity index (χ1) is 7.26. The van der Waals surface area contributed by atoms with Gasteiger partial charge in [-0.1, -0.05) is 20.8 Å². The Hall–Kier alpha value is 0.0969. The fourth-order valence-corrected chi connectivity index (χ4v) is 3.21. The van der Waals surface area contributed by atoms with Crippen molar-refractivity contribution in [3.8, 4) is 0 Å². The summed E-state index contributed by atoms with van der Waals surface area (Å²) in [5.41, 5.74) is 0. The second-order valence-corrected chi connectivity index (χ2v) is 11.1. The summed E-state index contributed by atoms with van der Waals surface area (Å²) in [6.45, 7) is 12.6. The molecule has 2 atom stereocenters. The molecule has 0 aliphatic carbocycles. The Morgan fingerprint density at radius 3 is 2.50 bits per heavy atom. The molecule has 0 radical (unpaired) electrons. The van der Waals surface area contributed by atoms with Crippen molar-refractivity contribution < 1.29 is 9.53 Å². The average Bonchev–Trinajstić information content (AvgIpc) is 2.15. The molecule has 0 aromatic rings. The summed E-state index contributed by atoms with van der Waals surface area (Å²) in [7, 11) is -1.64. The molecule has 16 heavy (non-hydrogen) atoms. The lowest BCUT2D eigenvalue weighted by atomic mass is 10.0. The van der Waals surface area contributed by atoms with E-state index in [2.05, 4.69) is 39.2 Å². The molecule has 1 heterocycles. The summed E-state index contributed by atoms with van der Waals surface area (Å²) in [4.78, 5) is 0. The molecular weight excluding hydrogens is 218 g/mol. The van der Waals surface area contributed by atoms with E-state index in [0.717, 1.165) is 19.4 Å². The van der Waals surface area contributed by atoms with Crippen molar-refractivity contribution >= 4 is 8.32 Å². The van der Waals surface area contributed by atoms with Crippen molar-refractivity contribution in [2.24, 2.45) is 0 Å². The summed E-state index contributed by atoms with van der Waals surface area (Å²) < 4.78 is 6.36. The van der Waals surface area contributed by atoms with Crippen molar-refractivity contribution in [2.45, 2.75) is 63.9 Å². The van der Waals surface area contributed by atoms with Gasteiger partial charge in [-0.3, -0.25) is 0 Å². The van der Waals surface area contributed by atoms with E-state index in [1.54, 1.807) is 0 Å². The number of hydrogen-bond acceptors (Lipinski definition) is 3. The van der Waals surface area contributed by atoms with Gasteiger partial charge in [0.05, 0.1) is 6.61 Å². The van der Waals surface area contributed by atoms with Crippen molar-refractivity contribution in [1.82, 2.24) is 5.32 Å². The summed E-state index contributed by atoms with van der Waals surface area (Å²) in [6.07, 6.45) is 2.35. The zero-order valence-electron chi connectivity index (χ0n) is 11.3. The number of aliphatic hydroxyl groups is 1. The van der Waals surface area contributed by atoms with Crippen molar-refractivity contribution in [2.75, 3.05) is 13.2 Å². The SMILES string of the molecule is CC(C)(C)[Si](C)(C)OC1CCNC(CO)C1. The molecule has 1 saturated heterocycles. The minimum absolute atomic E-state index is 0.220. The van der Waals surface area contributed by atoms with Crippen LogP contribution >= 0.6 is 0 Å². The standard InChI is InChI=1S/C12H27NO2Si/c1-12(2,3)16(4,5)15-11-6-7-13-10(8-11)9-14/h10-11,13-14H,6-9H2,1-5H3. The molecule has 3 nitrogen and oxygen atoms in total. The first-order valence-corrected chi connectivity index (χ1v) is 9.19. The lowest BCUT2D eigenvalue weighted by Gasteiger charge is -2.41. The molecular formula is C12H27NO2Si. The molecule has 1 aliphatic heterocycles. The van der Waals surface area contributed by atoms with Crippen molar-refractivity contribution in [3.05, 3.63) is 0 Å². The maximum absolute atomic E-state index is 9.16. The summed E-state index contributed by atoms with van der Waals surface area (Å²) in [5.74, 6) is 0. The van der Waals surface area contributed by atoms with E-state index >= 15 is 0 Å². The van der Waals surface area contributed by atoms with Crippen LogP contribution in [0, 0.1) is 0 Å². The van der Waals surface area contributed by atoms with Crippen molar-refractivity contribution in [1.29, 1.82) is 0 Å². The molecule has 0 aromatic carbocycles. The van der Waals surface area contributed by atoms with E-state index in [-0.39, 0.29) is 17.7 Å². The molecule has 2 N–H and O–H groups in total. The molecule has 0 spiro atoms. The maximum atomic E-state index is 9.16. The monoisotopic (exact) mass is 245 g/mol. The maximum Gasteiger partial charge on any atom is 0.192 e. The van der Waals surface area contributed by atoms with Crippen LogP contribution in [0.5, 0.6) is 0 Å². The molecule has 2 unspecified atom stereocenters. The third-order valence-corrected chi connectivity index (χ3v) is 8.47. The first-order valence-electron chi connectivity index (χ1n) is 6.28. The van der Waals surface area contributed by atoms with Crippen LogP contribution in [0.4, 0.5) is 0 Å². The fourth-order valence-electron chi connectivity index (χ4n) is 1.81. The van der Waals surface area contributed by atoms with Crippen LogP contribution in [0.25, 0.3) is 0 Å². The summed E-state index contributed by atoms with van der Waals surface area (Å²) >= 11 is 0. The Bertz CT molecular complexity index is 226. The highest BCUT2D eigenvalue weighted by Gasteiger charge is 2.39. The molecule has 1 aliphatic rings. The van der Waals surface area contributed by atoms with Gasteiger partial charge in [-0.15, -0.1) is 0 Å². The van der Waals surface area contributed by atoms with Gasteiger partial charge in [0.2, 0.25) is 0 Å². The first kappa shape index (κ1) is 14.2. The highest BCUT2D eigenvalue weighted by atomic mass is 28.4. The van der Waals surface area contributed by atoms with Gasteiger partial charge in [0, 0.05) is 12.1 Å². The van der Waals surface area contributed by atoms with Crippen LogP contribution in [-0.2, 0) is 4.43 Å². The summed E-state index contributed by atoms with van der Waals surface area (Å²) in [5, 5.41) is 12.7. The van der Waals surface area contributed by atoms with Crippen LogP contribution < -0.4 is 5.32 Å². The predicted octanol–water partition coefficient (Wildman–Crippen LogP) is 2.12. The van der Waals surface area contributed by atoms with Crippen LogP contribution in [0.2, 0.25) is 18.1 Å². The van der Waals surface area contributed by atoms with Gasteiger partial charge in [0.1, 0.15) is 0 Å². The largest absolute Gasteiger partial charge is 0.414 e. The molecule has 4 heteroatoms. The zero-order chi connectivity index (χ0) is 12.4. The Kier molecular flexibility index (Phi) is 4.57. The van der Waals surface area contributed by atoms with E-state index in [9.17, 15) is 0 Å². The zero-order valence-corrected chi connectivity index (χ0v) is 12.3. The average molecular weight is 245 g/mol. The highest BCUT2D eigenvalue weighted by Crippen LogP contribution is 2.38. The molecule has 1 rings (SSSR count). The number of aliphatic hydroxyl groups excluding tert-OH is 1. The second kappa shape index (κ2) is 5.17. The Labute approximate surface area is 101 Å². The van der Waals surface area contributed by atoms with E-state index in [0.29, 0.717) is 6.10 Å². The normalized spacial score (nSPS) is 28.1. The third-order valence-electron chi connectivity index (χ3n) is 3.93. The van der Waals surface area contributed by atoms with Crippen LogP contribution in [0.15, 0.2) is 0 Å². The predicted molar refractivity (Wildman–Crippen MR) is 70.2 cm³/mol.